The number of carbonyl (C=O) groups excluding carboxylic acids is 1. The summed E-state index contributed by atoms with van der Waals surface area (Å²) in [4.78, 5) is 12.4. The zero-order chi connectivity index (χ0) is 17.8. The third kappa shape index (κ3) is 4.18. The standard InChI is InChI=1S/C19H28N2O4/c1-23-15-9-17(24-2)16(18(10-15)25-3)11-20-19(22)8-12-6-13-4-5-14(7-12)21-13/h9-10,12-14,21H,4-8,11H2,1-3H3,(H,20,22). The minimum absolute atomic E-state index is 0.0891. The molecule has 3 rings (SSSR count). The van der Waals surface area contributed by atoms with E-state index >= 15 is 0 Å². The van der Waals surface area contributed by atoms with Gasteiger partial charge >= 0.3 is 0 Å². The van der Waals surface area contributed by atoms with Crippen LogP contribution in [0.5, 0.6) is 17.2 Å². The van der Waals surface area contributed by atoms with Crippen LogP contribution in [0.4, 0.5) is 0 Å². The van der Waals surface area contributed by atoms with E-state index < -0.39 is 0 Å². The van der Waals surface area contributed by atoms with Gasteiger partial charge in [-0.1, -0.05) is 0 Å². The fourth-order valence-electron chi connectivity index (χ4n) is 4.12. The van der Waals surface area contributed by atoms with E-state index in [1.165, 1.54) is 12.8 Å². The second kappa shape index (κ2) is 7.95. The Balaban J connectivity index is 1.60. The maximum absolute atomic E-state index is 12.4. The molecule has 0 spiro atoms. The van der Waals surface area contributed by atoms with Crippen molar-refractivity contribution >= 4 is 5.91 Å². The molecule has 0 aliphatic carbocycles. The minimum Gasteiger partial charge on any atom is -0.496 e. The lowest BCUT2D eigenvalue weighted by Crippen LogP contribution is -2.39. The summed E-state index contributed by atoms with van der Waals surface area (Å²) in [6, 6.07) is 4.82. The Morgan fingerprint density at radius 2 is 1.68 bits per heavy atom. The summed E-state index contributed by atoms with van der Waals surface area (Å²) >= 11 is 0. The van der Waals surface area contributed by atoms with Gasteiger partial charge in [0.15, 0.2) is 0 Å². The Kier molecular flexibility index (Phi) is 5.68. The number of nitrogens with one attached hydrogen (secondary N) is 2. The lowest BCUT2D eigenvalue weighted by molar-refractivity contribution is -0.122. The summed E-state index contributed by atoms with van der Waals surface area (Å²) in [6.45, 7) is 0.382. The van der Waals surface area contributed by atoms with Gasteiger partial charge in [0, 0.05) is 30.6 Å². The minimum atomic E-state index is 0.0891. The van der Waals surface area contributed by atoms with Crippen LogP contribution in [-0.2, 0) is 11.3 Å². The van der Waals surface area contributed by atoms with Crippen LogP contribution in [0.2, 0.25) is 0 Å². The summed E-state index contributed by atoms with van der Waals surface area (Å²) in [7, 11) is 4.80. The Bertz CT molecular complexity index is 582. The second-order valence-electron chi connectivity index (χ2n) is 6.97. The highest BCUT2D eigenvalue weighted by molar-refractivity contribution is 5.76. The monoisotopic (exact) mass is 348 g/mol. The molecule has 6 nitrogen and oxygen atoms in total. The molecule has 2 N–H and O–H groups in total. The van der Waals surface area contributed by atoms with E-state index in [1.807, 2.05) is 0 Å². The van der Waals surface area contributed by atoms with E-state index in [-0.39, 0.29) is 5.91 Å². The summed E-state index contributed by atoms with van der Waals surface area (Å²) in [5.74, 6) is 2.53. The third-order valence-electron chi connectivity index (χ3n) is 5.32. The van der Waals surface area contributed by atoms with Crippen molar-refractivity contribution in [2.45, 2.75) is 50.7 Å². The Labute approximate surface area is 149 Å². The lowest BCUT2D eigenvalue weighted by atomic mass is 9.89. The smallest absolute Gasteiger partial charge is 0.220 e. The topological polar surface area (TPSA) is 68.8 Å². The normalized spacial score (nSPS) is 24.7. The van der Waals surface area contributed by atoms with Gasteiger partial charge in [0.25, 0.3) is 0 Å². The van der Waals surface area contributed by atoms with Gasteiger partial charge < -0.3 is 24.8 Å². The van der Waals surface area contributed by atoms with Gasteiger partial charge in [-0.2, -0.15) is 0 Å². The number of amides is 1. The van der Waals surface area contributed by atoms with Crippen LogP contribution in [-0.4, -0.2) is 39.3 Å². The van der Waals surface area contributed by atoms with Gasteiger partial charge in [0.05, 0.1) is 33.4 Å². The number of carbonyl (C=O) groups is 1. The van der Waals surface area contributed by atoms with Crippen LogP contribution in [0.15, 0.2) is 12.1 Å². The molecule has 1 amide bonds. The van der Waals surface area contributed by atoms with Crippen LogP contribution >= 0.6 is 0 Å². The molecule has 2 aliphatic heterocycles. The zero-order valence-electron chi connectivity index (χ0n) is 15.3. The maximum atomic E-state index is 12.4. The van der Waals surface area contributed by atoms with Gasteiger partial charge in [-0.25, -0.2) is 0 Å². The Morgan fingerprint density at radius 1 is 1.08 bits per heavy atom. The molecule has 138 valence electrons. The van der Waals surface area contributed by atoms with Gasteiger partial charge in [0.2, 0.25) is 5.91 Å². The zero-order valence-corrected chi connectivity index (χ0v) is 15.3. The quantitative estimate of drug-likeness (QED) is 0.791. The number of methoxy groups -OCH3 is 3. The SMILES string of the molecule is COc1cc(OC)c(CNC(=O)CC2CC3CCC(C2)N3)c(OC)c1. The maximum Gasteiger partial charge on any atom is 0.220 e. The average molecular weight is 348 g/mol. The predicted octanol–water partition coefficient (Wildman–Crippen LogP) is 2.25. The van der Waals surface area contributed by atoms with Crippen LogP contribution in [0.1, 0.15) is 37.7 Å². The van der Waals surface area contributed by atoms with Crippen LogP contribution in [0.25, 0.3) is 0 Å². The molecule has 1 aromatic carbocycles. The van der Waals surface area contributed by atoms with E-state index in [1.54, 1.807) is 33.5 Å². The van der Waals surface area contributed by atoms with Crippen molar-refractivity contribution in [2.24, 2.45) is 5.92 Å². The first-order chi connectivity index (χ1) is 12.1. The van der Waals surface area contributed by atoms with E-state index in [2.05, 4.69) is 10.6 Å². The summed E-state index contributed by atoms with van der Waals surface area (Å²) < 4.78 is 16.1. The molecule has 0 aromatic heterocycles. The lowest BCUT2D eigenvalue weighted by Gasteiger charge is -2.28. The number of ether oxygens (including phenoxy) is 3. The molecule has 2 saturated heterocycles. The van der Waals surface area contributed by atoms with Crippen LogP contribution < -0.4 is 24.8 Å². The number of benzene rings is 1. The third-order valence-corrected chi connectivity index (χ3v) is 5.32. The predicted molar refractivity (Wildman–Crippen MR) is 95.2 cm³/mol. The van der Waals surface area contributed by atoms with Crippen molar-refractivity contribution in [3.05, 3.63) is 17.7 Å². The molecule has 25 heavy (non-hydrogen) atoms. The first kappa shape index (κ1) is 17.9. The van der Waals surface area contributed by atoms with Gasteiger partial charge in [-0.15, -0.1) is 0 Å². The highest BCUT2D eigenvalue weighted by atomic mass is 16.5. The van der Waals surface area contributed by atoms with Crippen molar-refractivity contribution in [2.75, 3.05) is 21.3 Å². The molecule has 2 fully saturated rings. The van der Waals surface area contributed by atoms with Crippen LogP contribution in [0.3, 0.4) is 0 Å². The van der Waals surface area contributed by atoms with E-state index in [9.17, 15) is 4.79 Å². The van der Waals surface area contributed by atoms with Gasteiger partial charge in [-0.3, -0.25) is 4.79 Å². The first-order valence-electron chi connectivity index (χ1n) is 8.94. The van der Waals surface area contributed by atoms with Gasteiger partial charge in [-0.05, 0) is 31.6 Å². The van der Waals surface area contributed by atoms with Crippen LogP contribution in [0, 0.1) is 5.92 Å². The second-order valence-corrected chi connectivity index (χ2v) is 6.97. The number of hydrogen-bond donors (Lipinski definition) is 2. The Morgan fingerprint density at radius 3 is 2.20 bits per heavy atom. The molecular formula is C19H28N2O4. The van der Waals surface area contributed by atoms with E-state index in [4.69, 9.17) is 14.2 Å². The fraction of sp³-hybridized carbons (Fsp3) is 0.632. The molecule has 0 radical (unpaired) electrons. The Hall–Kier alpha value is -1.95. The number of fused-ring (bicyclic) bond motifs is 2. The largest absolute Gasteiger partial charge is 0.496 e. The van der Waals surface area contributed by atoms with Crippen molar-refractivity contribution in [3.8, 4) is 17.2 Å². The molecule has 2 bridgehead atoms. The molecular weight excluding hydrogens is 320 g/mol. The van der Waals surface area contributed by atoms with E-state index in [0.29, 0.717) is 48.2 Å². The summed E-state index contributed by atoms with van der Waals surface area (Å²) in [5, 5.41) is 6.64. The molecule has 0 saturated carbocycles. The molecule has 2 atom stereocenters. The van der Waals surface area contributed by atoms with Crippen molar-refractivity contribution in [1.82, 2.24) is 10.6 Å². The summed E-state index contributed by atoms with van der Waals surface area (Å²) in [5.41, 5.74) is 0.824. The van der Waals surface area contributed by atoms with E-state index in [0.717, 1.165) is 18.4 Å². The number of piperidine rings is 1. The highest BCUT2D eigenvalue weighted by Crippen LogP contribution is 2.35. The van der Waals surface area contributed by atoms with Gasteiger partial charge in [0.1, 0.15) is 17.2 Å². The first-order valence-corrected chi connectivity index (χ1v) is 8.94. The number of rotatable bonds is 7. The molecule has 2 heterocycles. The van der Waals surface area contributed by atoms with Crippen molar-refractivity contribution in [1.29, 1.82) is 0 Å². The summed E-state index contributed by atoms with van der Waals surface area (Å²) in [6.07, 6.45) is 5.32. The highest BCUT2D eigenvalue weighted by Gasteiger charge is 2.34. The average Bonchev–Trinajstić information content (AvgIpc) is 2.97. The molecule has 2 unspecified atom stereocenters. The number of hydrogen-bond acceptors (Lipinski definition) is 5. The van der Waals surface area contributed by atoms with Crippen molar-refractivity contribution < 1.29 is 19.0 Å². The van der Waals surface area contributed by atoms with Crippen molar-refractivity contribution in [3.63, 3.8) is 0 Å². The fourth-order valence-corrected chi connectivity index (χ4v) is 4.12. The molecule has 2 aliphatic rings. The molecule has 1 aromatic rings. The molecule has 6 heteroatoms.